The van der Waals surface area contributed by atoms with Crippen LogP contribution in [0.1, 0.15) is 46.0 Å². The number of carboxylic acid groups (broad SMARTS) is 1. The van der Waals surface area contributed by atoms with Gasteiger partial charge in [0.15, 0.2) is 6.17 Å². The summed E-state index contributed by atoms with van der Waals surface area (Å²) in [5, 5.41) is 8.70. The lowest BCUT2D eigenvalue weighted by molar-refractivity contribution is -0.298. The number of halogens is 7. The fourth-order valence-electron chi connectivity index (χ4n) is 2.59. The monoisotopic (exact) mass is 428 g/mol. The van der Waals surface area contributed by atoms with Gasteiger partial charge in [0.1, 0.15) is 7.38 Å². The van der Waals surface area contributed by atoms with Crippen LogP contribution in [-0.2, 0) is 4.79 Å². The molecule has 10 heteroatoms. The maximum Gasteiger partial charge on any atom is 0.357 e. The van der Waals surface area contributed by atoms with Crippen molar-refractivity contribution in [1.29, 1.82) is 0 Å². The topological polar surface area (TPSA) is 37.3 Å². The van der Waals surface area contributed by atoms with E-state index in [-0.39, 0.29) is 6.42 Å². The van der Waals surface area contributed by atoms with E-state index in [1.165, 1.54) is 0 Å². The molecule has 0 fully saturated rings. The molecular weight excluding hydrogens is 402 g/mol. The third-order valence-electron chi connectivity index (χ3n) is 4.35. The molecule has 0 saturated heterocycles. The third kappa shape index (κ3) is 5.78. The molecule has 0 rings (SSSR count). The molecule has 0 aliphatic rings. The van der Waals surface area contributed by atoms with Crippen LogP contribution < -0.4 is 0 Å². The van der Waals surface area contributed by atoms with Crippen molar-refractivity contribution in [2.75, 3.05) is 0 Å². The van der Waals surface area contributed by atoms with Crippen LogP contribution in [0.15, 0.2) is 0 Å². The van der Waals surface area contributed by atoms with E-state index in [0.717, 1.165) is 26.3 Å². The Bertz CT molecular complexity index is 470. The average Bonchev–Trinajstić information content (AvgIpc) is 2.47. The van der Waals surface area contributed by atoms with Crippen molar-refractivity contribution < 1.29 is 36.2 Å². The van der Waals surface area contributed by atoms with Crippen molar-refractivity contribution in [3.8, 4) is 0 Å². The standard InChI is InChI=1S/C16H27ClF6O2Si/c1-11(2)14(19,13(24)25)16(22,23)15(20,21)12(18)9-7-5-6-8-10-26(3,4)17/h11-12H,5-10H2,1-4H3,(H,24,25). The first kappa shape index (κ1) is 25.6. The normalized spacial score (nSPS) is 17.2. The number of rotatable bonds is 12. The van der Waals surface area contributed by atoms with E-state index in [2.05, 4.69) is 0 Å². The number of hydrogen-bond donors (Lipinski definition) is 1. The molecule has 0 aliphatic carbocycles. The van der Waals surface area contributed by atoms with Crippen LogP contribution >= 0.6 is 11.1 Å². The predicted octanol–water partition coefficient (Wildman–Crippen LogP) is 6.44. The van der Waals surface area contributed by atoms with Crippen LogP contribution in [0.5, 0.6) is 0 Å². The van der Waals surface area contributed by atoms with Crippen molar-refractivity contribution in [2.24, 2.45) is 5.92 Å². The number of unbranched alkanes of at least 4 members (excludes halogenated alkanes) is 3. The van der Waals surface area contributed by atoms with Crippen LogP contribution in [0.3, 0.4) is 0 Å². The van der Waals surface area contributed by atoms with Crippen LogP contribution in [0.2, 0.25) is 19.1 Å². The van der Waals surface area contributed by atoms with Gasteiger partial charge < -0.3 is 5.11 Å². The summed E-state index contributed by atoms with van der Waals surface area (Å²) in [6.45, 7) is 5.34. The second kappa shape index (κ2) is 9.17. The van der Waals surface area contributed by atoms with E-state index in [1.807, 2.05) is 13.1 Å². The highest BCUT2D eigenvalue weighted by Gasteiger charge is 2.76. The number of hydrogen-bond acceptors (Lipinski definition) is 1. The zero-order valence-corrected chi connectivity index (χ0v) is 17.2. The second-order valence-electron chi connectivity index (χ2n) is 7.51. The van der Waals surface area contributed by atoms with Crippen molar-refractivity contribution in [2.45, 2.75) is 88.8 Å². The molecule has 2 atom stereocenters. The third-order valence-corrected chi connectivity index (χ3v) is 6.46. The summed E-state index contributed by atoms with van der Waals surface area (Å²) in [6, 6.07) is 0.791. The van der Waals surface area contributed by atoms with Crippen LogP contribution in [0.25, 0.3) is 0 Å². The minimum atomic E-state index is -5.69. The Hall–Kier alpha value is -0.443. The molecule has 0 aromatic rings. The maximum atomic E-state index is 14.3. The summed E-state index contributed by atoms with van der Waals surface area (Å²) in [7, 11) is -1.75. The molecule has 2 unspecified atom stereocenters. The number of aliphatic carboxylic acids is 1. The Balaban J connectivity index is 4.89. The molecule has 0 aromatic carbocycles. The average molecular weight is 429 g/mol. The van der Waals surface area contributed by atoms with Gasteiger partial charge in [-0.2, -0.15) is 28.6 Å². The molecule has 0 amide bonds. The molecule has 0 radical (unpaired) electrons. The first-order valence-corrected chi connectivity index (χ1v) is 12.7. The van der Waals surface area contributed by atoms with E-state index in [9.17, 15) is 31.1 Å². The summed E-state index contributed by atoms with van der Waals surface area (Å²) in [6.07, 6.45) is -2.68. The fourth-order valence-corrected chi connectivity index (χ4v) is 4.08. The Morgan fingerprint density at radius 3 is 1.88 bits per heavy atom. The summed E-state index contributed by atoms with van der Waals surface area (Å²) in [5.74, 6) is -15.8. The second-order valence-corrected chi connectivity index (χ2v) is 14.5. The minimum Gasteiger partial charge on any atom is -0.479 e. The van der Waals surface area contributed by atoms with Gasteiger partial charge in [-0.1, -0.05) is 52.6 Å². The smallest absolute Gasteiger partial charge is 0.357 e. The van der Waals surface area contributed by atoms with Crippen molar-refractivity contribution >= 4 is 24.4 Å². The lowest BCUT2D eigenvalue weighted by Gasteiger charge is -2.38. The van der Waals surface area contributed by atoms with E-state index < -0.39 is 49.4 Å². The Labute approximate surface area is 156 Å². The molecule has 156 valence electrons. The zero-order chi connectivity index (χ0) is 21.0. The van der Waals surface area contributed by atoms with E-state index >= 15 is 0 Å². The summed E-state index contributed by atoms with van der Waals surface area (Å²) < 4.78 is 83.9. The Kier molecular flexibility index (Phi) is 9.01. The van der Waals surface area contributed by atoms with E-state index in [4.69, 9.17) is 16.2 Å². The van der Waals surface area contributed by atoms with Crippen LogP contribution in [0, 0.1) is 5.92 Å². The lowest BCUT2D eigenvalue weighted by atomic mass is 9.81. The van der Waals surface area contributed by atoms with Gasteiger partial charge in [-0.05, 0) is 12.5 Å². The Morgan fingerprint density at radius 1 is 1.04 bits per heavy atom. The van der Waals surface area contributed by atoms with Gasteiger partial charge in [0, 0.05) is 5.92 Å². The summed E-state index contributed by atoms with van der Waals surface area (Å²) in [5.41, 5.74) is -4.57. The van der Waals surface area contributed by atoms with Gasteiger partial charge >= 0.3 is 17.8 Å². The molecule has 0 aliphatic heterocycles. The van der Waals surface area contributed by atoms with E-state index in [0.29, 0.717) is 12.8 Å². The van der Waals surface area contributed by atoms with Gasteiger partial charge in [0.2, 0.25) is 0 Å². The quantitative estimate of drug-likeness (QED) is 0.168. The number of carbonyl (C=O) groups is 1. The predicted molar refractivity (Wildman–Crippen MR) is 92.3 cm³/mol. The number of alkyl halides is 6. The minimum absolute atomic E-state index is 0.0921. The Morgan fingerprint density at radius 2 is 1.50 bits per heavy atom. The van der Waals surface area contributed by atoms with Crippen molar-refractivity contribution in [1.82, 2.24) is 0 Å². The molecule has 0 bridgehead atoms. The highest BCUT2D eigenvalue weighted by Crippen LogP contribution is 2.51. The van der Waals surface area contributed by atoms with Crippen LogP contribution in [-0.4, -0.2) is 42.1 Å². The fraction of sp³-hybridized carbons (Fsp3) is 0.938. The first-order chi connectivity index (χ1) is 11.5. The molecule has 0 heterocycles. The van der Waals surface area contributed by atoms with Crippen molar-refractivity contribution in [3.05, 3.63) is 0 Å². The molecule has 2 nitrogen and oxygen atoms in total. The molecule has 0 saturated carbocycles. The molecule has 0 spiro atoms. The molecule has 0 aromatic heterocycles. The van der Waals surface area contributed by atoms with Gasteiger partial charge in [0.25, 0.3) is 5.67 Å². The summed E-state index contributed by atoms with van der Waals surface area (Å²) in [4.78, 5) is 10.9. The van der Waals surface area contributed by atoms with Gasteiger partial charge in [-0.25, -0.2) is 13.6 Å². The largest absolute Gasteiger partial charge is 0.479 e. The SMILES string of the molecule is CC(C)C(F)(C(=O)O)C(F)(F)C(F)(F)C(F)CCCCCC[Si](C)(C)Cl. The molecule has 26 heavy (non-hydrogen) atoms. The van der Waals surface area contributed by atoms with Crippen LogP contribution in [0.4, 0.5) is 26.3 Å². The lowest BCUT2D eigenvalue weighted by Crippen LogP contribution is -2.65. The summed E-state index contributed by atoms with van der Waals surface area (Å²) >= 11 is 6.11. The number of carboxylic acids is 1. The van der Waals surface area contributed by atoms with Gasteiger partial charge in [-0.3, -0.25) is 0 Å². The molecular formula is C16H27ClF6O2Si. The van der Waals surface area contributed by atoms with Gasteiger partial charge in [-0.15, -0.1) is 0 Å². The molecule has 1 N–H and O–H groups in total. The zero-order valence-electron chi connectivity index (χ0n) is 15.4. The highest BCUT2D eigenvalue weighted by molar-refractivity contribution is 7.19. The highest BCUT2D eigenvalue weighted by atomic mass is 35.6. The first-order valence-electron chi connectivity index (χ1n) is 8.52. The maximum absolute atomic E-state index is 14.3. The van der Waals surface area contributed by atoms with Gasteiger partial charge in [0.05, 0.1) is 0 Å². The van der Waals surface area contributed by atoms with Crippen molar-refractivity contribution in [3.63, 3.8) is 0 Å². The van der Waals surface area contributed by atoms with E-state index in [1.54, 1.807) is 0 Å².